The molecule has 0 saturated carbocycles. The van der Waals surface area contributed by atoms with E-state index in [0.29, 0.717) is 5.92 Å². The zero-order chi connectivity index (χ0) is 18.1. The molecule has 0 saturated heterocycles. The predicted molar refractivity (Wildman–Crippen MR) is 117 cm³/mol. The third kappa shape index (κ3) is 8.25. The van der Waals surface area contributed by atoms with Gasteiger partial charge in [0.2, 0.25) is 0 Å². The van der Waals surface area contributed by atoms with Crippen LogP contribution in [0.15, 0.2) is 33.9 Å². The molecule has 0 bridgehead atoms. The maximum Gasteiger partial charge on any atom is 0.191 e. The maximum absolute atomic E-state index is 5.36. The Morgan fingerprint density at radius 3 is 2.65 bits per heavy atom. The molecule has 7 heteroatoms. The number of aryl methyl sites for hydroxylation is 3. The molecule has 6 nitrogen and oxygen atoms in total. The fourth-order valence-corrected chi connectivity index (χ4v) is 2.54. The van der Waals surface area contributed by atoms with E-state index in [4.69, 9.17) is 4.42 Å². The van der Waals surface area contributed by atoms with Crippen LogP contribution in [0.3, 0.4) is 0 Å². The number of rotatable bonds is 9. The second-order valence-electron chi connectivity index (χ2n) is 6.77. The highest BCUT2D eigenvalue weighted by Crippen LogP contribution is 2.02. The van der Waals surface area contributed by atoms with E-state index in [1.165, 1.54) is 5.69 Å². The molecule has 0 fully saturated rings. The Kier molecular flexibility index (Phi) is 10.4. The van der Waals surface area contributed by atoms with Crippen LogP contribution in [-0.4, -0.2) is 35.4 Å². The zero-order valence-electron chi connectivity index (χ0n) is 16.3. The number of hydrogen-bond acceptors (Lipinski definition) is 3. The van der Waals surface area contributed by atoms with E-state index in [2.05, 4.69) is 52.2 Å². The van der Waals surface area contributed by atoms with Crippen molar-refractivity contribution in [3.63, 3.8) is 0 Å². The van der Waals surface area contributed by atoms with E-state index in [-0.39, 0.29) is 24.0 Å². The average molecular weight is 473 g/mol. The number of aliphatic imine (C=N–C) groups is 1. The first-order valence-electron chi connectivity index (χ1n) is 9.10. The lowest BCUT2D eigenvalue weighted by atomic mass is 10.2. The second kappa shape index (κ2) is 12.0. The number of hydrogen-bond donors (Lipinski definition) is 2. The normalized spacial score (nSPS) is 11.5. The van der Waals surface area contributed by atoms with Crippen molar-refractivity contribution in [2.45, 2.75) is 47.1 Å². The predicted octanol–water partition coefficient (Wildman–Crippen LogP) is 3.53. The molecule has 0 atom stereocenters. The molecule has 0 radical (unpaired) electrons. The molecule has 2 heterocycles. The second-order valence-corrected chi connectivity index (χ2v) is 6.77. The first kappa shape index (κ1) is 22.5. The Morgan fingerprint density at radius 1 is 1.27 bits per heavy atom. The van der Waals surface area contributed by atoms with Gasteiger partial charge in [0.15, 0.2) is 5.96 Å². The number of guanidine groups is 1. The van der Waals surface area contributed by atoms with E-state index in [9.17, 15) is 0 Å². The average Bonchev–Trinajstić information content (AvgIpc) is 3.18. The van der Waals surface area contributed by atoms with Gasteiger partial charge in [0.05, 0.1) is 12.0 Å². The molecule has 2 N–H and O–H groups in total. The Hall–Kier alpha value is -1.51. The minimum absolute atomic E-state index is 0. The van der Waals surface area contributed by atoms with Crippen LogP contribution >= 0.6 is 24.0 Å². The minimum atomic E-state index is 0. The van der Waals surface area contributed by atoms with Crippen molar-refractivity contribution in [2.75, 3.05) is 19.6 Å². The van der Waals surface area contributed by atoms with E-state index < -0.39 is 0 Å². The van der Waals surface area contributed by atoms with Gasteiger partial charge < -0.3 is 15.1 Å². The summed E-state index contributed by atoms with van der Waals surface area (Å²) in [6, 6.07) is 6.02. The summed E-state index contributed by atoms with van der Waals surface area (Å²) in [5.41, 5.74) is 2.28. The van der Waals surface area contributed by atoms with Crippen LogP contribution in [0.1, 0.15) is 37.4 Å². The van der Waals surface area contributed by atoms with Gasteiger partial charge in [0, 0.05) is 38.3 Å². The van der Waals surface area contributed by atoms with E-state index in [1.807, 2.05) is 19.1 Å². The van der Waals surface area contributed by atoms with Gasteiger partial charge in [0.1, 0.15) is 5.76 Å². The third-order valence-corrected chi connectivity index (χ3v) is 3.80. The molecule has 0 aliphatic carbocycles. The molecular weight excluding hydrogens is 441 g/mol. The van der Waals surface area contributed by atoms with E-state index in [0.717, 1.165) is 56.4 Å². The molecule has 2 aromatic heterocycles. The number of nitrogens with one attached hydrogen (secondary N) is 2. The molecule has 0 aliphatic rings. The molecule has 0 amide bonds. The van der Waals surface area contributed by atoms with Crippen LogP contribution < -0.4 is 10.6 Å². The van der Waals surface area contributed by atoms with Crippen molar-refractivity contribution in [3.05, 3.63) is 41.6 Å². The van der Waals surface area contributed by atoms with E-state index >= 15 is 0 Å². The Morgan fingerprint density at radius 2 is 2.04 bits per heavy atom. The van der Waals surface area contributed by atoms with Crippen LogP contribution in [0, 0.1) is 19.8 Å². The lowest BCUT2D eigenvalue weighted by molar-refractivity contribution is 0.506. The highest BCUT2D eigenvalue weighted by atomic mass is 127. The van der Waals surface area contributed by atoms with Gasteiger partial charge >= 0.3 is 0 Å². The van der Waals surface area contributed by atoms with Gasteiger partial charge in [-0.15, -0.1) is 24.0 Å². The van der Waals surface area contributed by atoms with Gasteiger partial charge in [0.25, 0.3) is 0 Å². The van der Waals surface area contributed by atoms with Gasteiger partial charge in [-0.05, 0) is 44.4 Å². The summed E-state index contributed by atoms with van der Waals surface area (Å²) in [4.78, 5) is 4.65. The quantitative estimate of drug-likeness (QED) is 0.253. The first-order valence-corrected chi connectivity index (χ1v) is 9.10. The van der Waals surface area contributed by atoms with Gasteiger partial charge in [-0.25, -0.2) is 0 Å². The summed E-state index contributed by atoms with van der Waals surface area (Å²) < 4.78 is 7.43. The standard InChI is InChI=1S/C19H31N5O.HI/c1-15(2)14-22-19(21-10-8-18-7-5-12-25-18)20-9-6-11-24-17(4)13-16(3)23-24;/h5,7,12-13,15H,6,8-11,14H2,1-4H3,(H2,20,21,22);1H. The van der Waals surface area contributed by atoms with Crippen LogP contribution in [0.25, 0.3) is 0 Å². The highest BCUT2D eigenvalue weighted by Gasteiger charge is 2.03. The van der Waals surface area contributed by atoms with Crippen molar-refractivity contribution in [3.8, 4) is 0 Å². The summed E-state index contributed by atoms with van der Waals surface area (Å²) in [6.45, 7) is 11.9. The summed E-state index contributed by atoms with van der Waals surface area (Å²) >= 11 is 0. The summed E-state index contributed by atoms with van der Waals surface area (Å²) in [7, 11) is 0. The van der Waals surface area contributed by atoms with E-state index in [1.54, 1.807) is 6.26 Å². The lowest BCUT2D eigenvalue weighted by Gasteiger charge is -2.13. The van der Waals surface area contributed by atoms with Crippen LogP contribution in [0.5, 0.6) is 0 Å². The smallest absolute Gasteiger partial charge is 0.191 e. The number of furan rings is 1. The van der Waals surface area contributed by atoms with Gasteiger partial charge in [-0.3, -0.25) is 9.67 Å². The first-order chi connectivity index (χ1) is 12.0. The lowest BCUT2D eigenvalue weighted by Crippen LogP contribution is -2.39. The molecule has 146 valence electrons. The number of nitrogens with zero attached hydrogens (tertiary/aromatic N) is 3. The molecule has 0 aliphatic heterocycles. The minimum Gasteiger partial charge on any atom is -0.469 e. The van der Waals surface area contributed by atoms with Crippen molar-refractivity contribution in [1.82, 2.24) is 20.4 Å². The van der Waals surface area contributed by atoms with Crippen molar-refractivity contribution < 1.29 is 4.42 Å². The van der Waals surface area contributed by atoms with Gasteiger partial charge in [-0.1, -0.05) is 13.8 Å². The molecule has 0 unspecified atom stereocenters. The van der Waals surface area contributed by atoms with Crippen molar-refractivity contribution in [1.29, 1.82) is 0 Å². The van der Waals surface area contributed by atoms with Crippen LogP contribution in [0.4, 0.5) is 0 Å². The molecule has 2 aromatic rings. The fraction of sp³-hybridized carbons (Fsp3) is 0.579. The molecular formula is C19H32IN5O. The monoisotopic (exact) mass is 473 g/mol. The SMILES string of the molecule is Cc1cc(C)n(CCCNC(=NCC(C)C)NCCc2ccco2)n1.I. The molecule has 0 spiro atoms. The Balaban J connectivity index is 0.00000338. The van der Waals surface area contributed by atoms with Crippen LogP contribution in [-0.2, 0) is 13.0 Å². The molecule has 26 heavy (non-hydrogen) atoms. The highest BCUT2D eigenvalue weighted by molar-refractivity contribution is 14.0. The van der Waals surface area contributed by atoms with Crippen molar-refractivity contribution >= 4 is 29.9 Å². The fourth-order valence-electron chi connectivity index (χ4n) is 2.54. The number of aromatic nitrogens is 2. The maximum atomic E-state index is 5.36. The summed E-state index contributed by atoms with van der Waals surface area (Å²) in [5.74, 6) is 2.40. The topological polar surface area (TPSA) is 67.4 Å². The largest absolute Gasteiger partial charge is 0.469 e. The Bertz CT molecular complexity index is 649. The summed E-state index contributed by atoms with van der Waals surface area (Å²) in [5, 5.41) is 11.3. The third-order valence-electron chi connectivity index (χ3n) is 3.80. The summed E-state index contributed by atoms with van der Waals surface area (Å²) in [6.07, 6.45) is 3.56. The molecule has 0 aromatic carbocycles. The zero-order valence-corrected chi connectivity index (χ0v) is 18.6. The van der Waals surface area contributed by atoms with Crippen LogP contribution in [0.2, 0.25) is 0 Å². The number of halogens is 1. The van der Waals surface area contributed by atoms with Gasteiger partial charge in [-0.2, -0.15) is 5.10 Å². The van der Waals surface area contributed by atoms with Crippen molar-refractivity contribution in [2.24, 2.45) is 10.9 Å². The Labute approximate surface area is 173 Å². The molecule has 2 rings (SSSR count).